The van der Waals surface area contributed by atoms with Crippen LogP contribution in [0.5, 0.6) is 0 Å². The highest BCUT2D eigenvalue weighted by Crippen LogP contribution is 1.90. The molecule has 0 fully saturated rings. The second kappa shape index (κ2) is 10.9. The van der Waals surface area contributed by atoms with Crippen molar-refractivity contribution in [1.29, 1.82) is 5.41 Å². The molecular formula is C12H18N2S. The molecule has 0 atom stereocenters. The van der Waals surface area contributed by atoms with Crippen LogP contribution in [0.3, 0.4) is 0 Å². The van der Waals surface area contributed by atoms with E-state index in [1.807, 2.05) is 48.6 Å². The molecule has 82 valence electrons. The minimum Gasteiger partial charge on any atom is -0.388 e. The van der Waals surface area contributed by atoms with Crippen LogP contribution in [0.25, 0.3) is 0 Å². The van der Waals surface area contributed by atoms with Gasteiger partial charge >= 0.3 is 0 Å². The molecular weight excluding hydrogens is 204 g/mol. The Hall–Kier alpha value is -1.22. The lowest BCUT2D eigenvalue weighted by Gasteiger charge is -1.89. The van der Waals surface area contributed by atoms with Gasteiger partial charge in [0.05, 0.1) is 5.84 Å². The fourth-order valence-electron chi connectivity index (χ4n) is 0.810. The van der Waals surface area contributed by atoms with E-state index in [0.717, 1.165) is 12.2 Å². The molecule has 0 radical (unpaired) electrons. The summed E-state index contributed by atoms with van der Waals surface area (Å²) in [7, 11) is 0. The summed E-state index contributed by atoms with van der Waals surface area (Å²) in [6.07, 6.45) is 17.1. The highest BCUT2D eigenvalue weighted by Gasteiger charge is 1.82. The van der Waals surface area contributed by atoms with E-state index in [2.05, 4.69) is 12.6 Å². The second-order valence-corrected chi connectivity index (χ2v) is 3.24. The second-order valence-electron chi connectivity index (χ2n) is 2.87. The minimum atomic E-state index is 0.236. The SMILES string of the molecule is N=C(N)CC/C=C/C=C/C=C/C=C/CS. The summed E-state index contributed by atoms with van der Waals surface area (Å²) in [6, 6.07) is 0. The third-order valence-electron chi connectivity index (χ3n) is 1.51. The molecule has 0 aromatic heterocycles. The fraction of sp³-hybridized carbons (Fsp3) is 0.250. The summed E-state index contributed by atoms with van der Waals surface area (Å²) in [5.41, 5.74) is 5.21. The molecule has 0 spiro atoms. The largest absolute Gasteiger partial charge is 0.388 e. The highest BCUT2D eigenvalue weighted by atomic mass is 32.1. The van der Waals surface area contributed by atoms with Crippen LogP contribution in [-0.4, -0.2) is 11.6 Å². The van der Waals surface area contributed by atoms with Gasteiger partial charge in [0.15, 0.2) is 0 Å². The van der Waals surface area contributed by atoms with Crippen molar-refractivity contribution < 1.29 is 0 Å². The normalized spacial score (nSPS) is 12.6. The lowest BCUT2D eigenvalue weighted by atomic mass is 10.2. The smallest absolute Gasteiger partial charge is 0.0908 e. The molecule has 3 N–H and O–H groups in total. The fourth-order valence-corrected chi connectivity index (χ4v) is 0.931. The first-order valence-electron chi connectivity index (χ1n) is 4.86. The first-order chi connectivity index (χ1) is 7.27. The van der Waals surface area contributed by atoms with E-state index in [0.29, 0.717) is 6.42 Å². The quantitative estimate of drug-likeness (QED) is 0.264. The van der Waals surface area contributed by atoms with Crippen molar-refractivity contribution in [1.82, 2.24) is 0 Å². The van der Waals surface area contributed by atoms with Crippen molar-refractivity contribution in [3.05, 3.63) is 48.6 Å². The standard InChI is InChI=1S/C12H18N2S/c13-12(14)10-8-6-4-2-1-3-5-7-9-11-15/h1-7,9,15H,8,10-11H2,(H3,13,14)/b2-1+,5-3+,6-4+,9-7+. The Kier molecular flexibility index (Phi) is 9.98. The third-order valence-corrected chi connectivity index (χ3v) is 1.72. The summed E-state index contributed by atoms with van der Waals surface area (Å²) < 4.78 is 0. The minimum absolute atomic E-state index is 0.236. The summed E-state index contributed by atoms with van der Waals surface area (Å²) in [6.45, 7) is 0. The van der Waals surface area contributed by atoms with Crippen LogP contribution < -0.4 is 5.73 Å². The first kappa shape index (κ1) is 13.8. The molecule has 0 aromatic carbocycles. The number of rotatable bonds is 7. The van der Waals surface area contributed by atoms with Crippen molar-refractivity contribution in [2.24, 2.45) is 5.73 Å². The van der Waals surface area contributed by atoms with E-state index in [1.54, 1.807) is 0 Å². The number of nitrogens with one attached hydrogen (secondary N) is 1. The van der Waals surface area contributed by atoms with Crippen LogP contribution in [-0.2, 0) is 0 Å². The van der Waals surface area contributed by atoms with Crippen molar-refractivity contribution in [3.8, 4) is 0 Å². The van der Waals surface area contributed by atoms with Crippen LogP contribution in [0.15, 0.2) is 48.6 Å². The molecule has 0 saturated heterocycles. The zero-order valence-electron chi connectivity index (χ0n) is 8.76. The summed E-state index contributed by atoms with van der Waals surface area (Å²) >= 11 is 4.04. The van der Waals surface area contributed by atoms with Gasteiger partial charge in [0, 0.05) is 12.2 Å². The molecule has 0 saturated carbocycles. The molecule has 0 aliphatic rings. The van der Waals surface area contributed by atoms with Gasteiger partial charge in [-0.2, -0.15) is 12.6 Å². The molecule has 3 heteroatoms. The lowest BCUT2D eigenvalue weighted by Crippen LogP contribution is -2.07. The number of thiol groups is 1. The molecule has 0 aliphatic carbocycles. The number of allylic oxidation sites excluding steroid dienone is 7. The molecule has 0 aliphatic heterocycles. The van der Waals surface area contributed by atoms with Gasteiger partial charge in [0.2, 0.25) is 0 Å². The molecule has 0 amide bonds. The number of nitrogens with two attached hydrogens (primary N) is 1. The Morgan fingerprint density at radius 3 is 2.07 bits per heavy atom. The molecule has 0 heterocycles. The van der Waals surface area contributed by atoms with Gasteiger partial charge in [-0.3, -0.25) is 5.41 Å². The molecule has 15 heavy (non-hydrogen) atoms. The topological polar surface area (TPSA) is 49.9 Å². The Bertz CT molecular complexity index is 275. The van der Waals surface area contributed by atoms with Gasteiger partial charge in [-0.05, 0) is 6.42 Å². The predicted molar refractivity (Wildman–Crippen MR) is 71.6 cm³/mol. The van der Waals surface area contributed by atoms with Crippen LogP contribution in [0.2, 0.25) is 0 Å². The molecule has 0 rings (SSSR count). The van der Waals surface area contributed by atoms with Gasteiger partial charge < -0.3 is 5.73 Å². The van der Waals surface area contributed by atoms with E-state index in [9.17, 15) is 0 Å². The Morgan fingerprint density at radius 1 is 1.00 bits per heavy atom. The third kappa shape index (κ3) is 12.8. The zero-order chi connectivity index (χ0) is 11.4. The maximum Gasteiger partial charge on any atom is 0.0908 e. The van der Waals surface area contributed by atoms with Gasteiger partial charge in [-0.15, -0.1) is 0 Å². The number of hydrogen-bond donors (Lipinski definition) is 3. The average Bonchev–Trinajstić information content (AvgIpc) is 2.20. The monoisotopic (exact) mass is 222 g/mol. The van der Waals surface area contributed by atoms with E-state index in [4.69, 9.17) is 11.1 Å². The molecule has 0 aromatic rings. The van der Waals surface area contributed by atoms with Crippen molar-refractivity contribution >= 4 is 18.5 Å². The van der Waals surface area contributed by atoms with Crippen molar-refractivity contribution in [2.45, 2.75) is 12.8 Å². The van der Waals surface area contributed by atoms with Crippen LogP contribution >= 0.6 is 12.6 Å². The van der Waals surface area contributed by atoms with E-state index in [1.165, 1.54) is 0 Å². The van der Waals surface area contributed by atoms with Gasteiger partial charge in [-0.1, -0.05) is 48.6 Å². The average molecular weight is 222 g/mol. The van der Waals surface area contributed by atoms with Crippen LogP contribution in [0, 0.1) is 5.41 Å². The lowest BCUT2D eigenvalue weighted by molar-refractivity contribution is 1.07. The summed E-state index contributed by atoms with van der Waals surface area (Å²) in [5.74, 6) is 0.999. The van der Waals surface area contributed by atoms with Crippen molar-refractivity contribution in [3.63, 3.8) is 0 Å². The van der Waals surface area contributed by atoms with Crippen LogP contribution in [0.4, 0.5) is 0 Å². The van der Waals surface area contributed by atoms with E-state index >= 15 is 0 Å². The van der Waals surface area contributed by atoms with Gasteiger partial charge in [0.25, 0.3) is 0 Å². The highest BCUT2D eigenvalue weighted by molar-refractivity contribution is 7.80. The predicted octanol–water partition coefficient (Wildman–Crippen LogP) is 2.86. The molecule has 0 unspecified atom stereocenters. The Labute approximate surface area is 97.2 Å². The summed E-state index contributed by atoms with van der Waals surface area (Å²) in [5, 5.41) is 7.01. The van der Waals surface area contributed by atoms with Crippen molar-refractivity contribution in [2.75, 3.05) is 5.75 Å². The van der Waals surface area contributed by atoms with Crippen LogP contribution in [0.1, 0.15) is 12.8 Å². The Morgan fingerprint density at radius 2 is 1.53 bits per heavy atom. The Balaban J connectivity index is 3.57. The van der Waals surface area contributed by atoms with Gasteiger partial charge in [0.1, 0.15) is 0 Å². The number of amidine groups is 1. The zero-order valence-corrected chi connectivity index (χ0v) is 9.66. The van der Waals surface area contributed by atoms with E-state index < -0.39 is 0 Å². The number of hydrogen-bond acceptors (Lipinski definition) is 2. The van der Waals surface area contributed by atoms with E-state index in [-0.39, 0.29) is 5.84 Å². The molecule has 2 nitrogen and oxygen atoms in total. The summed E-state index contributed by atoms with van der Waals surface area (Å²) in [4.78, 5) is 0. The van der Waals surface area contributed by atoms with Gasteiger partial charge in [-0.25, -0.2) is 0 Å². The maximum atomic E-state index is 7.01. The molecule has 0 bridgehead atoms. The maximum absolute atomic E-state index is 7.01. The first-order valence-corrected chi connectivity index (χ1v) is 5.49.